The smallest absolute Gasteiger partial charge is 0.143 e. The van der Waals surface area contributed by atoms with Crippen LogP contribution in [0, 0.1) is 0 Å². The van der Waals surface area contributed by atoms with Crippen molar-refractivity contribution >= 4 is 239 Å². The number of nitrogens with zero attached hydrogens (tertiary/aromatic N) is 6. The van der Waals surface area contributed by atoms with Crippen LogP contribution < -0.4 is 0 Å². The Balaban J connectivity index is 0.0000000999. The topological polar surface area (TPSA) is 55.9 Å². The molecule has 9 heteroatoms. The summed E-state index contributed by atoms with van der Waals surface area (Å²) >= 11 is 1.88. The van der Waals surface area contributed by atoms with Crippen molar-refractivity contribution in [3.8, 4) is 67.5 Å². The van der Waals surface area contributed by atoms with E-state index in [9.17, 15) is 0 Å². The van der Waals surface area contributed by atoms with E-state index in [1.54, 1.807) is 0 Å². The van der Waals surface area contributed by atoms with Gasteiger partial charge in [-0.3, -0.25) is 0 Å². The molecule has 684 valence electrons. The van der Waals surface area contributed by atoms with Crippen LogP contribution in [0.15, 0.2) is 518 Å². The molecule has 0 fully saturated rings. The summed E-state index contributed by atoms with van der Waals surface area (Å²) in [7, 11) is 0. The average Bonchev–Trinajstić information content (AvgIpc) is 1.55. The van der Waals surface area contributed by atoms with Gasteiger partial charge in [-0.15, -0.1) is 11.3 Å². The van der Waals surface area contributed by atoms with Crippen molar-refractivity contribution < 1.29 is 8.83 Å². The first-order valence-electron chi connectivity index (χ1n) is 50.3. The number of hydrogen-bond acceptors (Lipinski definition) is 3. The van der Waals surface area contributed by atoms with Gasteiger partial charge < -0.3 is 36.2 Å². The molecule has 24 aromatic carbocycles. The van der Waals surface area contributed by atoms with E-state index in [4.69, 9.17) is 8.83 Å². The van der Waals surface area contributed by atoms with Crippen LogP contribution in [0.1, 0.15) is 0 Å². The second-order valence-electron chi connectivity index (χ2n) is 38.8. The summed E-state index contributed by atoms with van der Waals surface area (Å²) in [6, 6.07) is 185. The molecule has 0 aliphatic carbocycles. The highest BCUT2D eigenvalue weighted by molar-refractivity contribution is 7.26. The molecule has 147 heavy (non-hydrogen) atoms. The summed E-state index contributed by atoms with van der Waals surface area (Å²) < 4.78 is 30.1. The van der Waals surface area contributed by atoms with Crippen molar-refractivity contribution in [2.45, 2.75) is 0 Å². The van der Waals surface area contributed by atoms with Gasteiger partial charge in [0.05, 0.1) is 66.2 Å². The fourth-order valence-corrected chi connectivity index (χ4v) is 25.7. The molecule has 0 aliphatic rings. The van der Waals surface area contributed by atoms with Crippen LogP contribution in [0.2, 0.25) is 0 Å². The zero-order valence-corrected chi connectivity index (χ0v) is 80.2. The molecule has 0 saturated heterocycles. The summed E-state index contributed by atoms with van der Waals surface area (Å²) in [5.41, 5.74) is 32.1. The minimum Gasteiger partial charge on any atom is -0.456 e. The van der Waals surface area contributed by atoms with Crippen LogP contribution in [0.3, 0.4) is 0 Å². The first kappa shape index (κ1) is 82.4. The number of furan rings is 2. The predicted octanol–water partition coefficient (Wildman–Crippen LogP) is 38.3. The second-order valence-corrected chi connectivity index (χ2v) is 39.8. The minimum atomic E-state index is 0.907. The number of fused-ring (bicyclic) bond motifs is 33. The number of para-hydroxylation sites is 9. The number of aromatic nitrogens is 6. The standard InChI is InChI=1S/2C46H28N2O.C46H28N2S/c1-2-14-31(15-3-1)48-43-28-42-39(27-40(43)37-25-24-29-12-4-5-17-33(29)45(37)48)35-18-6-8-22-41(35)47(42)32-16-10-13-30(26-32)34-20-11-21-38-36-19-7-9-23-44(36)49-46(34)38;1-2-14-31(15-3-1)48-42-28-41-38(27-39(42)36-25-24-29-12-4-5-17-34(29)46(36)48)35-18-6-8-21-40(35)47(41)32-16-10-13-30(26-32)33-20-11-23-44-45(33)37-19-7-9-22-43(37)49-44;1-2-12-31(13-3-1)48-43-28-42-39(27-40(43)37-26-23-29-11-4-5-14-33(29)45(37)48)35-15-6-8-19-41(35)47(42)32-24-21-30(22-25-32)34-17-10-18-38-36-16-7-9-20-44(36)49-46(34)38/h3*1-28H. The molecule has 9 heterocycles. The van der Waals surface area contributed by atoms with Crippen LogP contribution in [0.4, 0.5) is 0 Å². The van der Waals surface area contributed by atoms with E-state index in [-0.39, 0.29) is 0 Å². The quantitative estimate of drug-likeness (QED) is 0.145. The lowest BCUT2D eigenvalue weighted by Gasteiger charge is -2.12. The average molecular weight is 1890 g/mol. The van der Waals surface area contributed by atoms with Gasteiger partial charge in [-0.05, 0) is 196 Å². The van der Waals surface area contributed by atoms with E-state index in [0.717, 1.165) is 89.0 Å². The lowest BCUT2D eigenvalue weighted by molar-refractivity contribution is 0.669. The Morgan fingerprint density at radius 1 is 0.156 bits per heavy atom. The highest BCUT2D eigenvalue weighted by Crippen LogP contribution is 2.50. The third kappa shape index (κ3) is 12.6. The molecule has 33 rings (SSSR count). The van der Waals surface area contributed by atoms with Crippen molar-refractivity contribution in [2.24, 2.45) is 0 Å². The van der Waals surface area contributed by atoms with E-state index >= 15 is 0 Å². The zero-order valence-electron chi connectivity index (χ0n) is 79.4. The summed E-state index contributed by atoms with van der Waals surface area (Å²) in [6.45, 7) is 0. The number of rotatable bonds is 9. The number of thiophene rings is 1. The first-order valence-corrected chi connectivity index (χ1v) is 51.1. The highest BCUT2D eigenvalue weighted by atomic mass is 32.1. The van der Waals surface area contributed by atoms with Crippen LogP contribution in [0.25, 0.3) is 295 Å². The van der Waals surface area contributed by atoms with E-state index in [0.29, 0.717) is 0 Å². The normalized spacial score (nSPS) is 12.1. The molecule has 0 atom stereocenters. The molecule has 9 aromatic heterocycles. The van der Waals surface area contributed by atoms with E-state index in [2.05, 4.69) is 513 Å². The van der Waals surface area contributed by atoms with Gasteiger partial charge >= 0.3 is 0 Å². The van der Waals surface area contributed by atoms with Crippen LogP contribution in [-0.4, -0.2) is 27.4 Å². The molecule has 0 saturated carbocycles. The van der Waals surface area contributed by atoms with E-state index in [1.165, 1.54) is 206 Å². The van der Waals surface area contributed by atoms with Crippen molar-refractivity contribution in [1.82, 2.24) is 27.4 Å². The number of hydrogen-bond donors (Lipinski definition) is 0. The third-order valence-corrected chi connectivity index (χ3v) is 32.1. The van der Waals surface area contributed by atoms with Crippen molar-refractivity contribution in [1.29, 1.82) is 0 Å². The SMILES string of the molecule is c1ccc(-n2c3cc4c(cc3c3ccc5ccccc5c32)c2ccccc2n4-c2ccc(-c3cccc4c3sc3ccccc34)cc2)cc1.c1ccc(-n2c3cc4c(cc3c3ccc5ccccc5c32)c2ccccc2n4-c2cccc(-c3cccc4c3oc3ccccc34)c2)cc1.c1ccc(-n2c3cc4c(cc3c3ccc5ccccc5c32)c2ccccc2n4-c2cccc(-c3cccc4oc5ccccc5c34)c2)cc1. The van der Waals surface area contributed by atoms with Gasteiger partial charge in [0.15, 0.2) is 0 Å². The van der Waals surface area contributed by atoms with Crippen molar-refractivity contribution in [3.05, 3.63) is 510 Å². The van der Waals surface area contributed by atoms with Gasteiger partial charge in [-0.1, -0.05) is 358 Å². The summed E-state index contributed by atoms with van der Waals surface area (Å²) in [5, 5.41) is 29.8. The molecule has 0 N–H and O–H groups in total. The maximum atomic E-state index is 6.46. The summed E-state index contributed by atoms with van der Waals surface area (Å²) in [4.78, 5) is 0. The Labute approximate surface area is 845 Å². The molecule has 0 aliphatic heterocycles. The Morgan fingerprint density at radius 2 is 0.490 bits per heavy atom. The van der Waals surface area contributed by atoms with Gasteiger partial charge in [0, 0.05) is 162 Å². The molecule has 0 unspecified atom stereocenters. The lowest BCUT2D eigenvalue weighted by atomic mass is 9.99. The molecular weight excluding hydrogens is 1810 g/mol. The van der Waals surface area contributed by atoms with Crippen molar-refractivity contribution in [3.63, 3.8) is 0 Å². The summed E-state index contributed by atoms with van der Waals surface area (Å²) in [6.07, 6.45) is 0. The monoisotopic (exact) mass is 1890 g/mol. The van der Waals surface area contributed by atoms with Gasteiger partial charge in [-0.25, -0.2) is 0 Å². The Morgan fingerprint density at radius 3 is 0.980 bits per heavy atom. The predicted molar refractivity (Wildman–Crippen MR) is 622 cm³/mol. The van der Waals surface area contributed by atoms with Gasteiger partial charge in [0.1, 0.15) is 22.3 Å². The van der Waals surface area contributed by atoms with Crippen LogP contribution in [-0.2, 0) is 0 Å². The fraction of sp³-hybridized carbons (Fsp3) is 0. The van der Waals surface area contributed by atoms with Crippen LogP contribution in [0.5, 0.6) is 0 Å². The largest absolute Gasteiger partial charge is 0.456 e. The Bertz CT molecular complexity index is 11300. The maximum absolute atomic E-state index is 6.46. The molecule has 8 nitrogen and oxygen atoms in total. The second kappa shape index (κ2) is 32.6. The minimum absolute atomic E-state index is 0.907. The van der Waals surface area contributed by atoms with Crippen molar-refractivity contribution in [2.75, 3.05) is 0 Å². The molecule has 0 radical (unpaired) electrons. The molecule has 0 amide bonds. The van der Waals surface area contributed by atoms with Gasteiger partial charge in [0.2, 0.25) is 0 Å². The fourth-order valence-electron chi connectivity index (χ4n) is 24.5. The molecule has 0 bridgehead atoms. The lowest BCUT2D eigenvalue weighted by Crippen LogP contribution is -1.96. The number of benzene rings is 24. The zero-order chi connectivity index (χ0) is 96.2. The van der Waals surface area contributed by atoms with E-state index in [1.807, 2.05) is 35.6 Å². The Hall–Kier alpha value is -19.3. The molecule has 33 aromatic rings. The molecular formula is C138H84N6O2S. The third-order valence-electron chi connectivity index (χ3n) is 30.9. The first-order chi connectivity index (χ1) is 72.9. The van der Waals surface area contributed by atoms with E-state index < -0.39 is 0 Å². The van der Waals surface area contributed by atoms with Gasteiger partial charge in [0.25, 0.3) is 0 Å². The maximum Gasteiger partial charge on any atom is 0.143 e. The molecule has 0 spiro atoms. The highest BCUT2D eigenvalue weighted by Gasteiger charge is 2.28. The summed E-state index contributed by atoms with van der Waals surface area (Å²) in [5.74, 6) is 0. The van der Waals surface area contributed by atoms with Crippen LogP contribution >= 0.6 is 11.3 Å². The van der Waals surface area contributed by atoms with Gasteiger partial charge in [-0.2, -0.15) is 0 Å². The Kier molecular flexibility index (Phi) is 18.3.